The van der Waals surface area contributed by atoms with Crippen molar-refractivity contribution >= 4 is 29.3 Å². The monoisotopic (exact) mass is 339 g/mol. The highest BCUT2D eigenvalue weighted by atomic mass is 35.5. The molecule has 1 aliphatic rings. The maximum absolute atomic E-state index is 10.8. The minimum atomic E-state index is -1.15. The second-order valence-corrected chi connectivity index (χ2v) is 6.54. The van der Waals surface area contributed by atoms with Crippen LogP contribution in [0.25, 0.3) is 11.3 Å². The Morgan fingerprint density at radius 3 is 2.95 bits per heavy atom. The number of benzene rings is 1. The van der Waals surface area contributed by atoms with E-state index < -0.39 is 5.97 Å². The molecule has 22 heavy (non-hydrogen) atoms. The lowest BCUT2D eigenvalue weighted by Crippen LogP contribution is -2.23. The van der Waals surface area contributed by atoms with Gasteiger partial charge in [0.25, 0.3) is 0 Å². The summed E-state index contributed by atoms with van der Waals surface area (Å²) in [6, 6.07) is 6.65. The van der Waals surface area contributed by atoms with Crippen molar-refractivity contribution in [2.75, 3.05) is 11.5 Å². The Labute approximate surface area is 136 Å². The van der Waals surface area contributed by atoms with Crippen LogP contribution in [-0.2, 0) is 0 Å². The van der Waals surface area contributed by atoms with Gasteiger partial charge in [-0.3, -0.25) is 0 Å². The Hall–Kier alpha value is -1.66. The van der Waals surface area contributed by atoms with Crippen molar-refractivity contribution < 1.29 is 19.2 Å². The van der Waals surface area contributed by atoms with E-state index in [2.05, 4.69) is 5.16 Å². The van der Waals surface area contributed by atoms with Gasteiger partial charge in [-0.25, -0.2) is 4.79 Å². The fourth-order valence-corrected chi connectivity index (χ4v) is 3.51. The number of carboxylic acids is 1. The fraction of sp³-hybridized carbons (Fsp3) is 0.333. The maximum Gasteiger partial charge on any atom is 0.374 e. The molecule has 0 amide bonds. The maximum atomic E-state index is 10.8. The summed E-state index contributed by atoms with van der Waals surface area (Å²) < 4.78 is 10.7. The number of hydrogen-bond acceptors (Lipinski definition) is 5. The van der Waals surface area contributed by atoms with E-state index in [1.165, 1.54) is 11.8 Å². The van der Waals surface area contributed by atoms with Crippen LogP contribution in [0.4, 0.5) is 0 Å². The average Bonchev–Trinajstić information content (AvgIpc) is 3.00. The number of thioether (sulfide) groups is 1. The lowest BCUT2D eigenvalue weighted by molar-refractivity contribution is 0.0652. The van der Waals surface area contributed by atoms with E-state index in [1.807, 2.05) is 11.8 Å². The van der Waals surface area contributed by atoms with E-state index in [0.717, 1.165) is 18.6 Å². The van der Waals surface area contributed by atoms with Crippen LogP contribution < -0.4 is 4.74 Å². The van der Waals surface area contributed by atoms with Gasteiger partial charge in [-0.05, 0) is 36.8 Å². The summed E-state index contributed by atoms with van der Waals surface area (Å²) in [6.07, 6.45) is 2.38. The van der Waals surface area contributed by atoms with Gasteiger partial charge in [-0.15, -0.1) is 0 Å². The molecule has 0 spiro atoms. The fourth-order valence-electron chi connectivity index (χ4n) is 2.25. The molecule has 0 aliphatic carbocycles. The summed E-state index contributed by atoms with van der Waals surface area (Å²) in [7, 11) is 0. The van der Waals surface area contributed by atoms with Gasteiger partial charge in [0.1, 0.15) is 17.5 Å². The Bertz CT molecular complexity index is 682. The third kappa shape index (κ3) is 3.39. The van der Waals surface area contributed by atoms with Gasteiger partial charge in [0.05, 0.1) is 5.02 Å². The molecule has 2 heterocycles. The molecule has 1 atom stereocenters. The van der Waals surface area contributed by atoms with E-state index in [4.69, 9.17) is 26.0 Å². The summed E-state index contributed by atoms with van der Waals surface area (Å²) >= 11 is 8.15. The highest BCUT2D eigenvalue weighted by Crippen LogP contribution is 2.32. The molecule has 5 nitrogen and oxygen atoms in total. The molecule has 1 unspecified atom stereocenters. The van der Waals surface area contributed by atoms with Crippen molar-refractivity contribution in [1.82, 2.24) is 5.16 Å². The van der Waals surface area contributed by atoms with Crippen molar-refractivity contribution in [3.05, 3.63) is 35.0 Å². The molecular formula is C15H14ClNO4S. The van der Waals surface area contributed by atoms with E-state index in [0.29, 0.717) is 22.0 Å². The molecule has 0 saturated carbocycles. The molecule has 3 rings (SSSR count). The van der Waals surface area contributed by atoms with Crippen LogP contribution in [-0.4, -0.2) is 33.8 Å². The molecule has 1 N–H and O–H groups in total. The van der Waals surface area contributed by atoms with Crippen LogP contribution in [0.3, 0.4) is 0 Å². The van der Waals surface area contributed by atoms with Crippen molar-refractivity contribution in [3.8, 4) is 17.0 Å². The zero-order valence-corrected chi connectivity index (χ0v) is 13.2. The number of halogens is 1. The number of aromatic nitrogens is 1. The highest BCUT2D eigenvalue weighted by molar-refractivity contribution is 7.99. The first-order chi connectivity index (χ1) is 10.6. The largest absolute Gasteiger partial charge is 0.488 e. The lowest BCUT2D eigenvalue weighted by atomic mass is 10.1. The molecule has 1 aliphatic heterocycles. The van der Waals surface area contributed by atoms with E-state index in [-0.39, 0.29) is 11.9 Å². The number of aromatic carboxylic acids is 1. The van der Waals surface area contributed by atoms with Crippen LogP contribution in [0.1, 0.15) is 23.4 Å². The van der Waals surface area contributed by atoms with E-state index >= 15 is 0 Å². The minimum absolute atomic E-state index is 0.188. The molecule has 1 fully saturated rings. The quantitative estimate of drug-likeness (QED) is 0.908. The number of rotatable bonds is 4. The first-order valence-corrected chi connectivity index (χ1v) is 8.41. The van der Waals surface area contributed by atoms with Crippen LogP contribution in [0, 0.1) is 0 Å². The Morgan fingerprint density at radius 2 is 2.32 bits per heavy atom. The van der Waals surface area contributed by atoms with Gasteiger partial charge >= 0.3 is 5.97 Å². The second-order valence-electron chi connectivity index (χ2n) is 4.98. The SMILES string of the molecule is O=C(O)c1cc(-c2ccc(OC3CCCSC3)c(Cl)c2)no1. The minimum Gasteiger partial charge on any atom is -0.488 e. The average molecular weight is 340 g/mol. The Kier molecular flexibility index (Phi) is 4.59. The predicted octanol–water partition coefficient (Wildman–Crippen LogP) is 3.97. The summed E-state index contributed by atoms with van der Waals surface area (Å²) in [5, 5.41) is 13.1. The molecule has 1 saturated heterocycles. The Balaban J connectivity index is 1.77. The lowest BCUT2D eigenvalue weighted by Gasteiger charge is -2.23. The van der Waals surface area contributed by atoms with Crippen LogP contribution in [0.5, 0.6) is 5.75 Å². The summed E-state index contributed by atoms with van der Waals surface area (Å²) in [6.45, 7) is 0. The van der Waals surface area contributed by atoms with Crippen molar-refractivity contribution in [3.63, 3.8) is 0 Å². The molecule has 1 aromatic heterocycles. The molecule has 0 radical (unpaired) electrons. The van der Waals surface area contributed by atoms with Crippen molar-refractivity contribution in [1.29, 1.82) is 0 Å². The number of ether oxygens (including phenoxy) is 1. The van der Waals surface area contributed by atoms with Gasteiger partial charge in [-0.1, -0.05) is 16.8 Å². The third-order valence-electron chi connectivity index (χ3n) is 3.36. The first-order valence-electron chi connectivity index (χ1n) is 6.88. The van der Waals surface area contributed by atoms with Gasteiger partial charge in [0.2, 0.25) is 5.76 Å². The molecule has 116 valence electrons. The molecule has 0 bridgehead atoms. The van der Waals surface area contributed by atoms with Crippen LogP contribution >= 0.6 is 23.4 Å². The number of carboxylic acid groups (broad SMARTS) is 1. The zero-order valence-electron chi connectivity index (χ0n) is 11.6. The van der Waals surface area contributed by atoms with Gasteiger partial charge in [-0.2, -0.15) is 11.8 Å². The molecule has 7 heteroatoms. The first kappa shape index (κ1) is 15.2. The smallest absolute Gasteiger partial charge is 0.374 e. The summed E-state index contributed by atoms with van der Waals surface area (Å²) in [4.78, 5) is 10.8. The number of hydrogen-bond donors (Lipinski definition) is 1. The number of carbonyl (C=O) groups is 1. The van der Waals surface area contributed by atoms with Crippen LogP contribution in [0.2, 0.25) is 5.02 Å². The van der Waals surface area contributed by atoms with Gasteiger partial charge in [0.15, 0.2) is 0 Å². The standard InChI is InChI=1S/C15H14ClNO4S/c16-11-6-9(12-7-14(15(18)19)21-17-12)3-4-13(11)20-10-2-1-5-22-8-10/h3-4,6-7,10H,1-2,5,8H2,(H,18,19). The van der Waals surface area contributed by atoms with Crippen molar-refractivity contribution in [2.45, 2.75) is 18.9 Å². The van der Waals surface area contributed by atoms with Gasteiger partial charge < -0.3 is 14.4 Å². The highest BCUT2D eigenvalue weighted by Gasteiger charge is 2.18. The van der Waals surface area contributed by atoms with Crippen molar-refractivity contribution in [2.24, 2.45) is 0 Å². The summed E-state index contributed by atoms with van der Waals surface area (Å²) in [5.41, 5.74) is 1.12. The second kappa shape index (κ2) is 6.62. The molecular weight excluding hydrogens is 326 g/mol. The topological polar surface area (TPSA) is 72.6 Å². The Morgan fingerprint density at radius 1 is 1.45 bits per heavy atom. The molecule has 2 aromatic rings. The zero-order chi connectivity index (χ0) is 15.5. The normalized spacial score (nSPS) is 18.1. The predicted molar refractivity (Wildman–Crippen MR) is 84.9 cm³/mol. The van der Waals surface area contributed by atoms with Gasteiger partial charge in [0, 0.05) is 17.4 Å². The number of nitrogens with zero attached hydrogens (tertiary/aromatic N) is 1. The molecule has 1 aromatic carbocycles. The van der Waals surface area contributed by atoms with Crippen LogP contribution in [0.15, 0.2) is 28.8 Å². The third-order valence-corrected chi connectivity index (χ3v) is 4.84. The summed E-state index contributed by atoms with van der Waals surface area (Å²) in [5.74, 6) is 1.44. The van der Waals surface area contributed by atoms with E-state index in [1.54, 1.807) is 18.2 Å². The van der Waals surface area contributed by atoms with E-state index in [9.17, 15) is 4.79 Å².